The number of aryl methyl sites for hydroxylation is 1. The highest BCUT2D eigenvalue weighted by atomic mass is 32.2. The average Bonchev–Trinajstić information content (AvgIpc) is 2.61. The number of nitriles is 1. The van der Waals surface area contributed by atoms with Crippen LogP contribution < -0.4 is 4.72 Å². The maximum Gasteiger partial charge on any atom is 0.243 e. The van der Waals surface area contributed by atoms with Crippen molar-refractivity contribution in [3.05, 3.63) is 11.9 Å². The molecular formula is C8H12N4O2S. The van der Waals surface area contributed by atoms with E-state index in [1.807, 2.05) is 6.07 Å². The van der Waals surface area contributed by atoms with Crippen molar-refractivity contribution in [2.75, 3.05) is 6.54 Å². The maximum atomic E-state index is 11.7. The highest BCUT2D eigenvalue weighted by Gasteiger charge is 2.18. The Morgan fingerprint density at radius 3 is 2.87 bits per heavy atom. The van der Waals surface area contributed by atoms with Gasteiger partial charge < -0.3 is 0 Å². The molecule has 0 saturated heterocycles. The van der Waals surface area contributed by atoms with E-state index in [1.54, 1.807) is 13.8 Å². The molecule has 7 heteroatoms. The van der Waals surface area contributed by atoms with Crippen LogP contribution in [-0.4, -0.2) is 25.2 Å². The second-order valence-corrected chi connectivity index (χ2v) is 4.98. The zero-order chi connectivity index (χ0) is 11.5. The van der Waals surface area contributed by atoms with E-state index in [-0.39, 0.29) is 17.4 Å². The number of hydrogen-bond acceptors (Lipinski definition) is 4. The number of hydrogen-bond donors (Lipinski definition) is 2. The normalized spacial score (nSPS) is 13.4. The van der Waals surface area contributed by atoms with Crippen LogP contribution in [0.25, 0.3) is 0 Å². The quantitative estimate of drug-likeness (QED) is 0.766. The van der Waals surface area contributed by atoms with Crippen molar-refractivity contribution >= 4 is 10.0 Å². The Morgan fingerprint density at radius 2 is 2.40 bits per heavy atom. The highest BCUT2D eigenvalue weighted by Crippen LogP contribution is 2.10. The summed E-state index contributed by atoms with van der Waals surface area (Å²) in [4.78, 5) is 0.118. The topological polar surface area (TPSA) is 98.6 Å². The Balaban J connectivity index is 2.78. The molecule has 0 amide bonds. The van der Waals surface area contributed by atoms with Crippen LogP contribution >= 0.6 is 0 Å². The first-order valence-electron chi connectivity index (χ1n) is 4.36. The molecule has 0 bridgehead atoms. The first-order chi connectivity index (χ1) is 6.97. The van der Waals surface area contributed by atoms with Crippen molar-refractivity contribution in [1.29, 1.82) is 5.26 Å². The van der Waals surface area contributed by atoms with Gasteiger partial charge in [-0.15, -0.1) is 0 Å². The molecule has 82 valence electrons. The van der Waals surface area contributed by atoms with Crippen LogP contribution in [-0.2, 0) is 10.0 Å². The van der Waals surface area contributed by atoms with E-state index in [4.69, 9.17) is 5.26 Å². The molecule has 0 radical (unpaired) electrons. The largest absolute Gasteiger partial charge is 0.281 e. The van der Waals surface area contributed by atoms with Crippen molar-refractivity contribution in [2.45, 2.75) is 18.7 Å². The molecule has 1 unspecified atom stereocenters. The zero-order valence-corrected chi connectivity index (χ0v) is 9.30. The molecule has 0 saturated carbocycles. The van der Waals surface area contributed by atoms with Gasteiger partial charge in [-0.1, -0.05) is 0 Å². The van der Waals surface area contributed by atoms with E-state index < -0.39 is 10.0 Å². The van der Waals surface area contributed by atoms with Crippen LogP contribution in [0, 0.1) is 24.2 Å². The van der Waals surface area contributed by atoms with E-state index >= 15 is 0 Å². The molecule has 0 fully saturated rings. The summed E-state index contributed by atoms with van der Waals surface area (Å²) < 4.78 is 25.7. The summed E-state index contributed by atoms with van der Waals surface area (Å²) in [6.07, 6.45) is 1.24. The Hall–Kier alpha value is -1.39. The fourth-order valence-electron chi connectivity index (χ4n) is 0.969. The van der Waals surface area contributed by atoms with Crippen molar-refractivity contribution in [1.82, 2.24) is 14.9 Å². The highest BCUT2D eigenvalue weighted by molar-refractivity contribution is 7.89. The summed E-state index contributed by atoms with van der Waals surface area (Å²) in [6, 6.07) is 1.95. The van der Waals surface area contributed by atoms with Gasteiger partial charge in [-0.05, 0) is 13.8 Å². The summed E-state index contributed by atoms with van der Waals surface area (Å²) in [5.41, 5.74) is 0.479. The third-order valence-electron chi connectivity index (χ3n) is 1.87. The molecule has 15 heavy (non-hydrogen) atoms. The lowest BCUT2D eigenvalue weighted by Gasteiger charge is -2.06. The van der Waals surface area contributed by atoms with Gasteiger partial charge >= 0.3 is 0 Å². The number of aromatic nitrogens is 2. The molecule has 0 spiro atoms. The van der Waals surface area contributed by atoms with Gasteiger partial charge in [0, 0.05) is 6.54 Å². The molecule has 1 atom stereocenters. The zero-order valence-electron chi connectivity index (χ0n) is 8.48. The number of nitrogens with one attached hydrogen (secondary N) is 2. The molecule has 6 nitrogen and oxygen atoms in total. The minimum Gasteiger partial charge on any atom is -0.281 e. The molecule has 0 aliphatic heterocycles. The lowest BCUT2D eigenvalue weighted by molar-refractivity contribution is 0.572. The molecule has 1 heterocycles. The van der Waals surface area contributed by atoms with Crippen LogP contribution in [0.1, 0.15) is 12.6 Å². The Morgan fingerprint density at radius 1 is 1.73 bits per heavy atom. The van der Waals surface area contributed by atoms with E-state index in [9.17, 15) is 8.42 Å². The third-order valence-corrected chi connectivity index (χ3v) is 3.41. The predicted molar refractivity (Wildman–Crippen MR) is 53.3 cm³/mol. The van der Waals surface area contributed by atoms with Gasteiger partial charge in [0.15, 0.2) is 0 Å². The first-order valence-corrected chi connectivity index (χ1v) is 5.85. The monoisotopic (exact) mass is 228 g/mol. The molecule has 2 N–H and O–H groups in total. The number of nitrogens with zero attached hydrogens (tertiary/aromatic N) is 2. The standard InChI is InChI=1S/C8H12N4O2S/c1-6(3-9)4-11-15(13,14)8-5-10-12-7(8)2/h5-6,11H,4H2,1-2H3,(H,10,12). The summed E-state index contributed by atoms with van der Waals surface area (Å²) in [5, 5.41) is 14.7. The minimum absolute atomic E-state index is 0.101. The van der Waals surface area contributed by atoms with E-state index in [1.165, 1.54) is 6.20 Å². The van der Waals surface area contributed by atoms with Crippen LogP contribution in [0.3, 0.4) is 0 Å². The first kappa shape index (κ1) is 11.7. The molecule has 1 aromatic heterocycles. The van der Waals surface area contributed by atoms with Gasteiger partial charge in [0.25, 0.3) is 0 Å². The van der Waals surface area contributed by atoms with Crippen LogP contribution in [0.5, 0.6) is 0 Å². The molecule has 1 rings (SSSR count). The fraction of sp³-hybridized carbons (Fsp3) is 0.500. The summed E-state index contributed by atoms with van der Waals surface area (Å²) in [7, 11) is -3.55. The average molecular weight is 228 g/mol. The Bertz CT molecular complexity index is 471. The van der Waals surface area contributed by atoms with E-state index in [0.717, 1.165) is 0 Å². The summed E-state index contributed by atoms with van der Waals surface area (Å²) >= 11 is 0. The fourth-order valence-corrected chi connectivity index (χ4v) is 2.23. The minimum atomic E-state index is -3.55. The lowest BCUT2D eigenvalue weighted by Crippen LogP contribution is -2.28. The van der Waals surface area contributed by atoms with Gasteiger partial charge in [-0.2, -0.15) is 10.4 Å². The molecular weight excluding hydrogens is 216 g/mol. The van der Waals surface area contributed by atoms with Gasteiger partial charge in [0.05, 0.1) is 23.9 Å². The second-order valence-electron chi connectivity index (χ2n) is 3.24. The van der Waals surface area contributed by atoms with Crippen molar-refractivity contribution < 1.29 is 8.42 Å². The van der Waals surface area contributed by atoms with Gasteiger partial charge in [-0.3, -0.25) is 5.10 Å². The smallest absolute Gasteiger partial charge is 0.243 e. The van der Waals surface area contributed by atoms with Gasteiger partial charge in [0.2, 0.25) is 10.0 Å². The summed E-state index contributed by atoms with van der Waals surface area (Å²) in [5.74, 6) is -0.355. The molecule has 0 aromatic carbocycles. The predicted octanol–water partition coefficient (Wildman–Crippen LogP) is 0.156. The Kier molecular flexibility index (Phi) is 3.44. The van der Waals surface area contributed by atoms with E-state index in [0.29, 0.717) is 5.69 Å². The van der Waals surface area contributed by atoms with Crippen LogP contribution in [0.4, 0.5) is 0 Å². The summed E-state index contributed by atoms with van der Waals surface area (Å²) in [6.45, 7) is 3.36. The van der Waals surface area contributed by atoms with Gasteiger partial charge in [0.1, 0.15) is 4.90 Å². The maximum absolute atomic E-state index is 11.7. The van der Waals surface area contributed by atoms with Crippen molar-refractivity contribution in [3.8, 4) is 6.07 Å². The number of rotatable bonds is 4. The van der Waals surface area contributed by atoms with Crippen LogP contribution in [0.2, 0.25) is 0 Å². The number of aromatic amines is 1. The SMILES string of the molecule is Cc1[nH]ncc1S(=O)(=O)NCC(C)C#N. The molecule has 0 aliphatic carbocycles. The number of sulfonamides is 1. The molecule has 0 aliphatic rings. The number of H-pyrrole nitrogens is 1. The van der Waals surface area contributed by atoms with Crippen molar-refractivity contribution in [2.24, 2.45) is 5.92 Å². The van der Waals surface area contributed by atoms with Gasteiger partial charge in [-0.25, -0.2) is 13.1 Å². The molecule has 1 aromatic rings. The van der Waals surface area contributed by atoms with Crippen molar-refractivity contribution in [3.63, 3.8) is 0 Å². The second kappa shape index (κ2) is 4.42. The third kappa shape index (κ3) is 2.78. The van der Waals surface area contributed by atoms with Crippen LogP contribution in [0.15, 0.2) is 11.1 Å². The Labute approximate surface area is 88.4 Å². The van der Waals surface area contributed by atoms with E-state index in [2.05, 4.69) is 14.9 Å². The lowest BCUT2D eigenvalue weighted by atomic mass is 10.2.